The van der Waals surface area contributed by atoms with Crippen LogP contribution < -0.4 is 4.74 Å². The van der Waals surface area contributed by atoms with Crippen LogP contribution in [0.4, 0.5) is 0 Å². The van der Waals surface area contributed by atoms with E-state index in [1.165, 1.54) is 11.1 Å². The summed E-state index contributed by atoms with van der Waals surface area (Å²) >= 11 is 0. The fourth-order valence-electron chi connectivity index (χ4n) is 5.08. The first-order valence-corrected chi connectivity index (χ1v) is 13.1. The lowest BCUT2D eigenvalue weighted by Crippen LogP contribution is -2.29. The molecule has 192 valence electrons. The van der Waals surface area contributed by atoms with Crippen molar-refractivity contribution in [3.8, 4) is 11.5 Å². The normalized spacial score (nSPS) is 22.6. The maximum Gasteiger partial charge on any atom is 0.220 e. The van der Waals surface area contributed by atoms with Gasteiger partial charge in [0.25, 0.3) is 0 Å². The van der Waals surface area contributed by atoms with Crippen LogP contribution in [0.2, 0.25) is 0 Å². The van der Waals surface area contributed by atoms with Crippen molar-refractivity contribution < 1.29 is 14.2 Å². The summed E-state index contributed by atoms with van der Waals surface area (Å²) in [5.74, 6) is 2.98. The molecule has 0 N–H and O–H groups in total. The van der Waals surface area contributed by atoms with Crippen LogP contribution in [0, 0.1) is 0 Å². The van der Waals surface area contributed by atoms with Crippen LogP contribution in [-0.2, 0) is 25.7 Å². The molecule has 0 saturated carbocycles. The molecule has 0 aromatic heterocycles. The van der Waals surface area contributed by atoms with E-state index in [0.29, 0.717) is 25.0 Å². The number of nitrogens with zero attached hydrogens (tertiary/aromatic N) is 2. The maximum atomic E-state index is 6.88. The number of rotatable bonds is 2. The van der Waals surface area contributed by atoms with E-state index < -0.39 is 0 Å². The van der Waals surface area contributed by atoms with Crippen LogP contribution in [0.25, 0.3) is 0 Å². The molecule has 5 rings (SSSR count). The van der Waals surface area contributed by atoms with Gasteiger partial charge in [-0.15, -0.1) is 0 Å². The van der Waals surface area contributed by atoms with E-state index in [1.54, 1.807) is 0 Å². The van der Waals surface area contributed by atoms with E-state index in [9.17, 15) is 0 Å². The first-order chi connectivity index (χ1) is 16.7. The van der Waals surface area contributed by atoms with Gasteiger partial charge in [0.05, 0.1) is 23.2 Å². The summed E-state index contributed by atoms with van der Waals surface area (Å²) in [5.41, 5.74) is 6.26. The van der Waals surface area contributed by atoms with Gasteiger partial charge in [-0.25, -0.2) is 9.98 Å². The predicted molar refractivity (Wildman–Crippen MR) is 146 cm³/mol. The van der Waals surface area contributed by atoms with Gasteiger partial charge in [-0.2, -0.15) is 0 Å². The molecule has 0 saturated heterocycles. The summed E-state index contributed by atoms with van der Waals surface area (Å²) in [6.45, 7) is 23.4. The van der Waals surface area contributed by atoms with Crippen LogP contribution in [0.15, 0.2) is 34.3 Å². The number of aliphatic imine (C=N–C) groups is 2. The van der Waals surface area contributed by atoms with E-state index in [0.717, 1.165) is 33.8 Å². The molecule has 0 fully saturated rings. The second-order valence-electron chi connectivity index (χ2n) is 13.2. The second-order valence-corrected chi connectivity index (χ2v) is 13.2. The van der Waals surface area contributed by atoms with Gasteiger partial charge in [0.1, 0.15) is 24.7 Å². The molecule has 5 heteroatoms. The molecule has 36 heavy (non-hydrogen) atoms. The molecule has 3 heterocycles. The van der Waals surface area contributed by atoms with E-state index >= 15 is 0 Å². The molecule has 0 radical (unpaired) electrons. The molecule has 3 aliphatic rings. The van der Waals surface area contributed by atoms with E-state index in [-0.39, 0.29) is 28.3 Å². The van der Waals surface area contributed by atoms with Gasteiger partial charge >= 0.3 is 0 Å². The summed E-state index contributed by atoms with van der Waals surface area (Å²) in [6, 6.07) is 9.29. The van der Waals surface area contributed by atoms with Crippen LogP contribution in [0.5, 0.6) is 11.5 Å². The highest BCUT2D eigenvalue weighted by molar-refractivity contribution is 6.01. The lowest BCUT2D eigenvalue weighted by atomic mass is 9.70. The second kappa shape index (κ2) is 8.09. The van der Waals surface area contributed by atoms with Crippen molar-refractivity contribution in [3.05, 3.63) is 57.6 Å². The van der Waals surface area contributed by atoms with Gasteiger partial charge in [0.2, 0.25) is 11.8 Å². The number of hydrogen-bond acceptors (Lipinski definition) is 5. The smallest absolute Gasteiger partial charge is 0.220 e. The summed E-state index contributed by atoms with van der Waals surface area (Å²) < 4.78 is 19.0. The van der Waals surface area contributed by atoms with Crippen molar-refractivity contribution in [2.45, 2.75) is 97.6 Å². The van der Waals surface area contributed by atoms with Crippen LogP contribution in [0.1, 0.15) is 103 Å². The topological polar surface area (TPSA) is 52.4 Å². The monoisotopic (exact) mass is 488 g/mol. The minimum atomic E-state index is -0.315. The predicted octanol–water partition coefficient (Wildman–Crippen LogP) is 7.04. The van der Waals surface area contributed by atoms with E-state index in [2.05, 4.69) is 93.5 Å². The number of hydrogen-bond donors (Lipinski definition) is 0. The largest absolute Gasteiger partial charge is 0.475 e. The number of ether oxygens (including phenoxy) is 3. The molecule has 0 bridgehead atoms. The summed E-state index contributed by atoms with van der Waals surface area (Å²) in [6.07, 6.45) is 0. The molecule has 0 spiro atoms. The first kappa shape index (κ1) is 24.9. The molecule has 2 atom stereocenters. The Morgan fingerprint density at radius 3 is 1.39 bits per heavy atom. The quantitative estimate of drug-likeness (QED) is 0.455. The molecule has 0 amide bonds. The fraction of sp³-hybridized carbons (Fsp3) is 0.548. The van der Waals surface area contributed by atoms with Crippen LogP contribution in [-0.4, -0.2) is 37.1 Å². The number of fused-ring (bicyclic) bond motifs is 2. The van der Waals surface area contributed by atoms with Crippen LogP contribution in [0.3, 0.4) is 0 Å². The minimum Gasteiger partial charge on any atom is -0.475 e. The Hall–Kier alpha value is -2.82. The van der Waals surface area contributed by atoms with Crippen molar-refractivity contribution in [3.63, 3.8) is 0 Å². The zero-order valence-electron chi connectivity index (χ0n) is 23.5. The first-order valence-electron chi connectivity index (χ1n) is 13.1. The third kappa shape index (κ3) is 4.10. The van der Waals surface area contributed by atoms with Crippen molar-refractivity contribution in [1.82, 2.24) is 0 Å². The molecule has 0 unspecified atom stereocenters. The highest BCUT2D eigenvalue weighted by atomic mass is 16.5. The molecule has 0 aliphatic carbocycles. The maximum absolute atomic E-state index is 6.88. The molecule has 3 aliphatic heterocycles. The van der Waals surface area contributed by atoms with Crippen LogP contribution >= 0.6 is 0 Å². The number of benzene rings is 2. The van der Waals surface area contributed by atoms with Gasteiger partial charge in [0.15, 0.2) is 0 Å². The molecule has 2 aromatic rings. The van der Waals surface area contributed by atoms with Gasteiger partial charge in [0, 0.05) is 16.5 Å². The lowest BCUT2D eigenvalue weighted by molar-refractivity contribution is 0.320. The molecular formula is C31H40N2O3. The molecule has 2 aromatic carbocycles. The average Bonchev–Trinajstić information content (AvgIpc) is 3.39. The Kier molecular flexibility index (Phi) is 5.59. The van der Waals surface area contributed by atoms with Gasteiger partial charge < -0.3 is 14.2 Å². The Labute approximate surface area is 216 Å². The minimum absolute atomic E-state index is 0.0358. The average molecular weight is 489 g/mol. The summed E-state index contributed by atoms with van der Waals surface area (Å²) in [4.78, 5) is 9.63. The Morgan fingerprint density at radius 2 is 1.08 bits per heavy atom. The Bertz CT molecular complexity index is 1190. The lowest BCUT2D eigenvalue weighted by Gasteiger charge is -2.38. The highest BCUT2D eigenvalue weighted by Gasteiger charge is 2.41. The summed E-state index contributed by atoms with van der Waals surface area (Å²) in [5, 5.41) is 0. The zero-order valence-corrected chi connectivity index (χ0v) is 23.5. The standard InChI is InChI=1S/C31H40N2O3/c1-17-15-34-27(32-17)21-11-19(29(3,4)5)13-23-25(21)36-26-22(28-33-18(2)16-35-28)12-20(30(6,7)8)14-24(26)31(23,9)10/h11-14,17-18H,15-16H2,1-10H3/t17-,18-/m0/s1. The molecular weight excluding hydrogens is 448 g/mol. The Balaban J connectivity index is 1.80. The van der Waals surface area contributed by atoms with Gasteiger partial charge in [-0.3, -0.25) is 0 Å². The van der Waals surface area contributed by atoms with Gasteiger partial charge in [-0.1, -0.05) is 67.5 Å². The Morgan fingerprint density at radius 1 is 0.694 bits per heavy atom. The van der Waals surface area contributed by atoms with E-state index in [1.807, 2.05) is 0 Å². The summed E-state index contributed by atoms with van der Waals surface area (Å²) in [7, 11) is 0. The third-order valence-corrected chi connectivity index (χ3v) is 7.52. The molecule has 5 nitrogen and oxygen atoms in total. The highest BCUT2D eigenvalue weighted by Crippen LogP contribution is 2.53. The fourth-order valence-corrected chi connectivity index (χ4v) is 5.08. The van der Waals surface area contributed by atoms with Crippen molar-refractivity contribution >= 4 is 11.8 Å². The van der Waals surface area contributed by atoms with Gasteiger partial charge in [-0.05, 0) is 47.9 Å². The van der Waals surface area contributed by atoms with Crippen molar-refractivity contribution in [1.29, 1.82) is 0 Å². The third-order valence-electron chi connectivity index (χ3n) is 7.52. The van der Waals surface area contributed by atoms with Crippen molar-refractivity contribution in [2.75, 3.05) is 13.2 Å². The zero-order chi connectivity index (χ0) is 26.2. The van der Waals surface area contributed by atoms with E-state index in [4.69, 9.17) is 24.2 Å². The SMILES string of the molecule is C[C@H]1COC(c2cc(C(C)(C)C)cc3c2Oc2c(C4=N[C@@H](C)CO4)cc(C(C)(C)C)cc2C3(C)C)=N1. The van der Waals surface area contributed by atoms with Crippen molar-refractivity contribution in [2.24, 2.45) is 9.98 Å².